The molecule has 4 rings (SSSR count). The number of nitrogen functional groups attached to an aromatic ring is 1. The van der Waals surface area contributed by atoms with Crippen molar-refractivity contribution in [3.05, 3.63) is 70.4 Å². The molecule has 9 heteroatoms. The molecule has 0 saturated heterocycles. The van der Waals surface area contributed by atoms with Crippen LogP contribution in [-0.4, -0.2) is 54.2 Å². The number of aliphatic imine (C=N–C) groups is 1. The Morgan fingerprint density at radius 1 is 1.21 bits per heavy atom. The number of anilines is 1. The van der Waals surface area contributed by atoms with Gasteiger partial charge in [0.05, 0.1) is 18.2 Å². The van der Waals surface area contributed by atoms with Gasteiger partial charge >= 0.3 is 0 Å². The molecular weight excluding hydrogens is 440 g/mol. The SMILES string of the molecule is Nc1ncc2ccc(Cl)cc2c1C#Cc1ccc(C(=O)NCC(O)CNC2=NCCN2)cc1. The van der Waals surface area contributed by atoms with E-state index in [1.807, 2.05) is 12.1 Å². The predicted octanol–water partition coefficient (Wildman–Crippen LogP) is 1.51. The van der Waals surface area contributed by atoms with E-state index >= 15 is 0 Å². The lowest BCUT2D eigenvalue weighted by atomic mass is 10.1. The summed E-state index contributed by atoms with van der Waals surface area (Å²) in [5, 5.41) is 21.1. The van der Waals surface area contributed by atoms with Gasteiger partial charge in [-0.3, -0.25) is 9.79 Å². The molecule has 1 unspecified atom stereocenters. The maximum Gasteiger partial charge on any atom is 0.251 e. The number of hydrogen-bond donors (Lipinski definition) is 5. The number of nitrogens with one attached hydrogen (secondary N) is 3. The predicted molar refractivity (Wildman–Crippen MR) is 130 cm³/mol. The number of benzene rings is 2. The quantitative estimate of drug-likeness (QED) is 0.366. The molecule has 1 aliphatic rings. The number of nitrogens with zero attached hydrogens (tertiary/aromatic N) is 2. The van der Waals surface area contributed by atoms with Crippen molar-refractivity contribution in [2.75, 3.05) is 31.9 Å². The Kier molecular flexibility index (Phi) is 6.93. The summed E-state index contributed by atoms with van der Waals surface area (Å²) in [5.74, 6) is 6.86. The van der Waals surface area contributed by atoms with Crippen LogP contribution in [0, 0.1) is 11.8 Å². The molecule has 168 valence electrons. The second-order valence-corrected chi connectivity index (χ2v) is 7.92. The molecule has 1 aromatic heterocycles. The molecule has 0 spiro atoms. The summed E-state index contributed by atoms with van der Waals surface area (Å²) in [6.07, 6.45) is 0.948. The summed E-state index contributed by atoms with van der Waals surface area (Å²) < 4.78 is 0. The van der Waals surface area contributed by atoms with Crippen molar-refractivity contribution >= 4 is 40.1 Å². The third-order valence-corrected chi connectivity index (χ3v) is 5.28. The number of aliphatic hydroxyl groups is 1. The highest BCUT2D eigenvalue weighted by Gasteiger charge is 2.11. The normalized spacial score (nSPS) is 13.5. The fourth-order valence-corrected chi connectivity index (χ4v) is 3.46. The molecule has 1 aliphatic heterocycles. The molecule has 0 bridgehead atoms. The fourth-order valence-electron chi connectivity index (χ4n) is 3.29. The van der Waals surface area contributed by atoms with Crippen molar-refractivity contribution in [2.24, 2.45) is 4.99 Å². The van der Waals surface area contributed by atoms with E-state index in [9.17, 15) is 9.90 Å². The van der Waals surface area contributed by atoms with E-state index in [-0.39, 0.29) is 19.0 Å². The maximum atomic E-state index is 12.4. The van der Waals surface area contributed by atoms with Gasteiger partial charge in [-0.25, -0.2) is 4.98 Å². The lowest BCUT2D eigenvalue weighted by Crippen LogP contribution is -2.42. The summed E-state index contributed by atoms with van der Waals surface area (Å²) in [6, 6.07) is 12.4. The van der Waals surface area contributed by atoms with Crippen LogP contribution in [0.25, 0.3) is 10.8 Å². The van der Waals surface area contributed by atoms with E-state index in [0.29, 0.717) is 27.9 Å². The van der Waals surface area contributed by atoms with Crippen LogP contribution in [0.3, 0.4) is 0 Å². The number of guanidine groups is 1. The number of rotatable bonds is 5. The zero-order chi connectivity index (χ0) is 23.2. The number of carbonyl (C=O) groups excluding carboxylic acids is 1. The number of aromatic nitrogens is 1. The third-order valence-electron chi connectivity index (χ3n) is 5.04. The Labute approximate surface area is 196 Å². The smallest absolute Gasteiger partial charge is 0.251 e. The molecule has 2 heterocycles. The highest BCUT2D eigenvalue weighted by atomic mass is 35.5. The Morgan fingerprint density at radius 2 is 2.03 bits per heavy atom. The van der Waals surface area contributed by atoms with Crippen LogP contribution in [0.4, 0.5) is 5.82 Å². The van der Waals surface area contributed by atoms with Crippen molar-refractivity contribution in [3.8, 4) is 11.8 Å². The van der Waals surface area contributed by atoms with Gasteiger partial charge in [-0.05, 0) is 36.4 Å². The number of nitrogens with two attached hydrogens (primary N) is 1. The minimum atomic E-state index is -0.738. The molecule has 0 fully saturated rings. The molecule has 0 aliphatic carbocycles. The fraction of sp³-hybridized carbons (Fsp3) is 0.208. The van der Waals surface area contributed by atoms with Crippen LogP contribution in [0.2, 0.25) is 5.02 Å². The Balaban J connectivity index is 1.38. The molecular formula is C24H23ClN6O2. The minimum absolute atomic E-state index is 0.122. The molecule has 33 heavy (non-hydrogen) atoms. The van der Waals surface area contributed by atoms with Crippen molar-refractivity contribution < 1.29 is 9.90 Å². The summed E-state index contributed by atoms with van der Waals surface area (Å²) in [5.41, 5.74) is 7.84. The Morgan fingerprint density at radius 3 is 2.79 bits per heavy atom. The second-order valence-electron chi connectivity index (χ2n) is 7.48. The molecule has 0 radical (unpaired) electrons. The topological polar surface area (TPSA) is 125 Å². The van der Waals surface area contributed by atoms with Crippen LogP contribution in [-0.2, 0) is 0 Å². The molecule has 8 nitrogen and oxygen atoms in total. The van der Waals surface area contributed by atoms with E-state index in [0.717, 1.165) is 29.4 Å². The van der Waals surface area contributed by atoms with Crippen molar-refractivity contribution in [2.45, 2.75) is 6.10 Å². The second kappa shape index (κ2) is 10.2. The summed E-state index contributed by atoms with van der Waals surface area (Å²) in [7, 11) is 0. The number of halogens is 1. The molecule has 3 aromatic rings. The first kappa shape index (κ1) is 22.4. The summed E-state index contributed by atoms with van der Waals surface area (Å²) >= 11 is 6.13. The van der Waals surface area contributed by atoms with Gasteiger partial charge in [0.15, 0.2) is 5.96 Å². The number of fused-ring (bicyclic) bond motifs is 1. The first-order valence-electron chi connectivity index (χ1n) is 10.4. The molecule has 0 saturated carbocycles. The van der Waals surface area contributed by atoms with Gasteiger partial charge in [0, 0.05) is 52.8 Å². The van der Waals surface area contributed by atoms with Crippen molar-refractivity contribution in [3.63, 3.8) is 0 Å². The summed E-state index contributed by atoms with van der Waals surface area (Å²) in [4.78, 5) is 20.8. The van der Waals surface area contributed by atoms with Gasteiger partial charge < -0.3 is 26.8 Å². The van der Waals surface area contributed by atoms with E-state index in [2.05, 4.69) is 37.8 Å². The first-order valence-corrected chi connectivity index (χ1v) is 10.8. The van der Waals surface area contributed by atoms with Crippen LogP contribution in [0.15, 0.2) is 53.7 Å². The van der Waals surface area contributed by atoms with Crippen molar-refractivity contribution in [1.82, 2.24) is 20.9 Å². The largest absolute Gasteiger partial charge is 0.389 e. The number of hydrogen-bond acceptors (Lipinski definition) is 7. The van der Waals surface area contributed by atoms with Gasteiger partial charge in [0.1, 0.15) is 5.82 Å². The average molecular weight is 463 g/mol. The lowest BCUT2D eigenvalue weighted by molar-refractivity contribution is 0.0918. The maximum absolute atomic E-state index is 12.4. The average Bonchev–Trinajstić information content (AvgIpc) is 3.35. The molecule has 6 N–H and O–H groups in total. The number of carbonyl (C=O) groups is 1. The van der Waals surface area contributed by atoms with Gasteiger partial charge in [-0.1, -0.05) is 29.5 Å². The van der Waals surface area contributed by atoms with Crippen molar-refractivity contribution in [1.29, 1.82) is 0 Å². The standard InChI is InChI=1S/C24H23ClN6O2/c25-18-7-6-17-12-29-22(26)20(21(17)11-18)8-3-15-1-4-16(5-2-15)23(33)30-13-19(32)14-31-24-27-9-10-28-24/h1-2,4-7,11-12,19,32H,9-10,13-14H2,(H2,26,29)(H,30,33)(H2,27,28,31). The molecule has 1 amide bonds. The van der Waals surface area contributed by atoms with Gasteiger partial charge in [-0.15, -0.1) is 0 Å². The zero-order valence-electron chi connectivity index (χ0n) is 17.7. The monoisotopic (exact) mass is 462 g/mol. The molecule has 1 atom stereocenters. The van der Waals surface area contributed by atoms with Crippen LogP contribution in [0.5, 0.6) is 0 Å². The Hall–Kier alpha value is -3.80. The van der Waals surface area contributed by atoms with E-state index in [1.54, 1.807) is 36.5 Å². The van der Waals surface area contributed by atoms with Crippen LogP contribution < -0.4 is 21.7 Å². The zero-order valence-corrected chi connectivity index (χ0v) is 18.5. The van der Waals surface area contributed by atoms with Gasteiger partial charge in [0.25, 0.3) is 5.91 Å². The lowest BCUT2D eigenvalue weighted by Gasteiger charge is -2.13. The molecule has 2 aromatic carbocycles. The number of aliphatic hydroxyl groups excluding tert-OH is 1. The van der Waals surface area contributed by atoms with E-state index < -0.39 is 6.10 Å². The number of pyridine rings is 1. The van der Waals surface area contributed by atoms with E-state index in [1.165, 1.54) is 0 Å². The minimum Gasteiger partial charge on any atom is -0.389 e. The highest BCUT2D eigenvalue weighted by molar-refractivity contribution is 6.31. The van der Waals surface area contributed by atoms with Gasteiger partial charge in [-0.2, -0.15) is 0 Å². The van der Waals surface area contributed by atoms with E-state index in [4.69, 9.17) is 17.3 Å². The Bertz CT molecular complexity index is 1260. The van der Waals surface area contributed by atoms with Gasteiger partial charge in [0.2, 0.25) is 0 Å². The first-order chi connectivity index (χ1) is 16.0. The highest BCUT2D eigenvalue weighted by Crippen LogP contribution is 2.24. The number of amides is 1. The van der Waals surface area contributed by atoms with Crippen LogP contribution >= 0.6 is 11.6 Å². The summed E-state index contributed by atoms with van der Waals surface area (Å²) in [6.45, 7) is 1.92. The van der Waals surface area contributed by atoms with Crippen LogP contribution in [0.1, 0.15) is 21.5 Å². The third kappa shape index (κ3) is 5.71.